The largest absolute Gasteiger partial charge is 0.465 e. The molecule has 3 heterocycles. The molecule has 0 aliphatic carbocycles. The quantitative estimate of drug-likeness (QED) is 0.811. The second-order valence-corrected chi connectivity index (χ2v) is 6.47. The molecule has 0 bridgehead atoms. The van der Waals surface area contributed by atoms with Gasteiger partial charge in [0.25, 0.3) is 0 Å². The molecular formula is C18H21N5O3. The number of carbonyl (C=O) groups excluding carboxylic acids is 2. The van der Waals surface area contributed by atoms with Gasteiger partial charge in [-0.05, 0) is 18.4 Å². The summed E-state index contributed by atoms with van der Waals surface area (Å²) < 4.78 is 4.88. The maximum Gasteiger partial charge on any atom is 0.341 e. The molecule has 1 aliphatic heterocycles. The summed E-state index contributed by atoms with van der Waals surface area (Å²) >= 11 is 0. The van der Waals surface area contributed by atoms with Crippen molar-refractivity contribution >= 4 is 28.6 Å². The summed E-state index contributed by atoms with van der Waals surface area (Å²) in [5.74, 6) is -0.335. The molecule has 2 aromatic rings. The number of piperidine rings is 1. The molecule has 8 nitrogen and oxygen atoms in total. The number of nitrogens with one attached hydrogen (secondary N) is 2. The smallest absolute Gasteiger partial charge is 0.341 e. The van der Waals surface area contributed by atoms with Crippen LogP contribution in [0.15, 0.2) is 18.5 Å². The lowest BCUT2D eigenvalue weighted by atomic mass is 9.92. The Labute approximate surface area is 151 Å². The van der Waals surface area contributed by atoms with Gasteiger partial charge < -0.3 is 19.9 Å². The lowest BCUT2D eigenvalue weighted by Crippen LogP contribution is -2.49. The molecule has 1 saturated heterocycles. The van der Waals surface area contributed by atoms with Crippen molar-refractivity contribution < 1.29 is 14.3 Å². The molecule has 2 aromatic heterocycles. The van der Waals surface area contributed by atoms with Crippen LogP contribution in [0.2, 0.25) is 0 Å². The molecule has 2 N–H and O–H groups in total. The first kappa shape index (κ1) is 17.7. The fraction of sp³-hybridized carbons (Fsp3) is 0.444. The summed E-state index contributed by atoms with van der Waals surface area (Å²) in [4.78, 5) is 33.2. The Kier molecular flexibility index (Phi) is 5.07. The van der Waals surface area contributed by atoms with Gasteiger partial charge in [0, 0.05) is 36.9 Å². The van der Waals surface area contributed by atoms with Crippen LogP contribution in [0.4, 0.5) is 5.69 Å². The number of esters is 1. The average molecular weight is 355 g/mol. The van der Waals surface area contributed by atoms with E-state index in [1.807, 2.05) is 12.1 Å². The van der Waals surface area contributed by atoms with Crippen LogP contribution >= 0.6 is 0 Å². The first-order valence-corrected chi connectivity index (χ1v) is 8.50. The number of nitriles is 1. The second kappa shape index (κ2) is 7.44. The average Bonchev–Trinajstić information content (AvgIpc) is 3.12. The summed E-state index contributed by atoms with van der Waals surface area (Å²) in [6.07, 6.45) is 3.95. The van der Waals surface area contributed by atoms with Crippen molar-refractivity contribution in [1.29, 1.82) is 5.26 Å². The number of aromatic nitrogens is 2. The third kappa shape index (κ3) is 3.33. The number of pyridine rings is 1. The minimum Gasteiger partial charge on any atom is -0.465 e. The normalized spacial score (nSPS) is 19.8. The fourth-order valence-corrected chi connectivity index (χ4v) is 3.28. The predicted octanol–water partition coefficient (Wildman–Crippen LogP) is 1.91. The van der Waals surface area contributed by atoms with Crippen LogP contribution in [0.1, 0.15) is 30.1 Å². The van der Waals surface area contributed by atoms with Crippen LogP contribution in [-0.4, -0.2) is 53.0 Å². The van der Waals surface area contributed by atoms with Crippen molar-refractivity contribution in [3.63, 3.8) is 0 Å². The number of aromatic amines is 1. The number of rotatable bonds is 4. The Bertz CT molecular complexity index is 869. The molecule has 0 spiro atoms. The van der Waals surface area contributed by atoms with Crippen LogP contribution in [0.5, 0.6) is 0 Å². The number of anilines is 1. The van der Waals surface area contributed by atoms with Gasteiger partial charge in [-0.2, -0.15) is 5.26 Å². The molecule has 1 amide bonds. The van der Waals surface area contributed by atoms with E-state index in [4.69, 9.17) is 10.00 Å². The highest BCUT2D eigenvalue weighted by atomic mass is 16.5. The van der Waals surface area contributed by atoms with Crippen LogP contribution in [-0.2, 0) is 9.53 Å². The number of methoxy groups -OCH3 is 1. The van der Waals surface area contributed by atoms with Crippen LogP contribution in [0, 0.1) is 17.2 Å². The maximum absolute atomic E-state index is 12.2. The monoisotopic (exact) mass is 355 g/mol. The van der Waals surface area contributed by atoms with E-state index in [2.05, 4.69) is 22.2 Å². The highest BCUT2D eigenvalue weighted by molar-refractivity contribution is 6.04. The van der Waals surface area contributed by atoms with Crippen molar-refractivity contribution in [2.75, 3.05) is 25.5 Å². The molecule has 0 saturated carbocycles. The van der Waals surface area contributed by atoms with E-state index >= 15 is 0 Å². The Balaban J connectivity index is 1.91. The molecular weight excluding hydrogens is 334 g/mol. The van der Waals surface area contributed by atoms with Gasteiger partial charge in [-0.3, -0.25) is 4.79 Å². The topological polar surface area (TPSA) is 111 Å². The summed E-state index contributed by atoms with van der Waals surface area (Å²) in [6, 6.07) is 3.71. The Hall–Kier alpha value is -3.08. The standard InChI is InChI=1S/C18H21N5O3/c1-11-5-8-23(15(24)3-6-19)10-14(11)22-16-12-4-7-20-17(12)21-9-13(16)18(25)26-2/h4,7,9,11,14H,3,5,8,10H2,1-2H3,(H2,20,21,22). The van der Waals surface area contributed by atoms with Gasteiger partial charge in [0.1, 0.15) is 17.6 Å². The Morgan fingerprint density at radius 2 is 2.35 bits per heavy atom. The first-order valence-electron chi connectivity index (χ1n) is 8.50. The van der Waals surface area contributed by atoms with Gasteiger partial charge >= 0.3 is 5.97 Å². The summed E-state index contributed by atoms with van der Waals surface area (Å²) in [7, 11) is 1.33. The highest BCUT2D eigenvalue weighted by Gasteiger charge is 2.30. The second-order valence-electron chi connectivity index (χ2n) is 6.47. The summed E-state index contributed by atoms with van der Waals surface area (Å²) in [6.45, 7) is 3.23. The van der Waals surface area contributed by atoms with E-state index in [1.54, 1.807) is 11.1 Å². The molecule has 3 rings (SSSR count). The fourth-order valence-electron chi connectivity index (χ4n) is 3.28. The number of fused-ring (bicyclic) bond motifs is 1. The highest BCUT2D eigenvalue weighted by Crippen LogP contribution is 2.29. The molecule has 136 valence electrons. The molecule has 26 heavy (non-hydrogen) atoms. The number of H-pyrrole nitrogens is 1. The number of hydrogen-bond donors (Lipinski definition) is 2. The van der Waals surface area contributed by atoms with Crippen molar-refractivity contribution in [1.82, 2.24) is 14.9 Å². The van der Waals surface area contributed by atoms with Gasteiger partial charge in [-0.1, -0.05) is 6.92 Å². The number of nitrogens with zero attached hydrogens (tertiary/aromatic N) is 3. The van der Waals surface area contributed by atoms with Crippen molar-refractivity contribution in [3.05, 3.63) is 24.0 Å². The number of ether oxygens (including phenoxy) is 1. The van der Waals surface area contributed by atoms with Crippen molar-refractivity contribution in [2.45, 2.75) is 25.8 Å². The minimum absolute atomic E-state index is 0.0460. The van der Waals surface area contributed by atoms with E-state index in [1.165, 1.54) is 13.3 Å². The van der Waals surface area contributed by atoms with Gasteiger partial charge in [0.15, 0.2) is 0 Å². The Morgan fingerprint density at radius 3 is 3.08 bits per heavy atom. The molecule has 1 fully saturated rings. The lowest BCUT2D eigenvalue weighted by Gasteiger charge is -2.38. The molecule has 0 aromatic carbocycles. The van der Waals surface area contributed by atoms with E-state index in [0.717, 1.165) is 11.8 Å². The number of amides is 1. The molecule has 1 aliphatic rings. The van der Waals surface area contributed by atoms with Crippen LogP contribution < -0.4 is 5.32 Å². The number of likely N-dealkylation sites (tertiary alicyclic amines) is 1. The predicted molar refractivity (Wildman–Crippen MR) is 95.4 cm³/mol. The van der Waals surface area contributed by atoms with Gasteiger partial charge in [0.05, 0.1) is 18.9 Å². The third-order valence-electron chi connectivity index (χ3n) is 4.86. The zero-order valence-electron chi connectivity index (χ0n) is 14.8. The maximum atomic E-state index is 12.2. The zero-order valence-corrected chi connectivity index (χ0v) is 14.8. The third-order valence-corrected chi connectivity index (χ3v) is 4.86. The van der Waals surface area contributed by atoms with E-state index < -0.39 is 5.97 Å². The Morgan fingerprint density at radius 1 is 1.54 bits per heavy atom. The van der Waals surface area contributed by atoms with E-state index in [-0.39, 0.29) is 18.4 Å². The molecule has 2 unspecified atom stereocenters. The van der Waals surface area contributed by atoms with E-state index in [0.29, 0.717) is 35.9 Å². The number of carbonyl (C=O) groups is 2. The summed E-state index contributed by atoms with van der Waals surface area (Å²) in [5, 5.41) is 13.0. The van der Waals surface area contributed by atoms with Crippen LogP contribution in [0.25, 0.3) is 11.0 Å². The first-order chi connectivity index (χ1) is 12.5. The van der Waals surface area contributed by atoms with Crippen molar-refractivity contribution in [2.24, 2.45) is 5.92 Å². The SMILES string of the molecule is COC(=O)c1cnc2[nH]ccc2c1NC1CN(C(=O)CC#N)CCC1C. The van der Waals surface area contributed by atoms with Gasteiger partial charge in [0.2, 0.25) is 5.91 Å². The van der Waals surface area contributed by atoms with Crippen LogP contribution in [0.3, 0.4) is 0 Å². The van der Waals surface area contributed by atoms with Gasteiger partial charge in [-0.25, -0.2) is 9.78 Å². The minimum atomic E-state index is -0.469. The molecule has 8 heteroatoms. The van der Waals surface area contributed by atoms with E-state index in [9.17, 15) is 9.59 Å². The number of hydrogen-bond acceptors (Lipinski definition) is 6. The molecule has 2 atom stereocenters. The molecule has 0 radical (unpaired) electrons. The van der Waals surface area contributed by atoms with Crippen molar-refractivity contribution in [3.8, 4) is 6.07 Å². The van der Waals surface area contributed by atoms with Gasteiger partial charge in [-0.15, -0.1) is 0 Å². The summed E-state index contributed by atoms with van der Waals surface area (Å²) in [5.41, 5.74) is 1.67. The lowest BCUT2D eigenvalue weighted by molar-refractivity contribution is -0.131. The zero-order chi connectivity index (χ0) is 18.7.